The van der Waals surface area contributed by atoms with Crippen LogP contribution in [-0.4, -0.2) is 18.4 Å². The summed E-state index contributed by atoms with van der Waals surface area (Å²) in [6.07, 6.45) is 4.97. The van der Waals surface area contributed by atoms with Crippen molar-refractivity contribution in [1.82, 2.24) is 0 Å². The number of rotatable bonds is 3. The fourth-order valence-electron chi connectivity index (χ4n) is 4.49. The van der Waals surface area contributed by atoms with Crippen LogP contribution in [0.4, 0.5) is 11.4 Å². The zero-order valence-electron chi connectivity index (χ0n) is 16.5. The lowest BCUT2D eigenvalue weighted by Crippen LogP contribution is -2.33. The summed E-state index contributed by atoms with van der Waals surface area (Å²) in [5, 5.41) is 3.24. The highest BCUT2D eigenvalue weighted by Gasteiger charge is 2.32. The highest BCUT2D eigenvalue weighted by atomic mass is 16.3. The van der Waals surface area contributed by atoms with Gasteiger partial charge in [0.15, 0.2) is 11.2 Å². The van der Waals surface area contributed by atoms with Crippen molar-refractivity contribution in [2.75, 3.05) is 16.8 Å². The molecule has 1 aliphatic heterocycles. The van der Waals surface area contributed by atoms with Crippen molar-refractivity contribution < 1.29 is 14.0 Å². The fraction of sp³-hybridized carbons (Fsp3) is 0.292. The molecule has 5 rings (SSSR count). The molecular formula is C24H22N2O4. The zero-order chi connectivity index (χ0) is 20.7. The Morgan fingerprint density at radius 3 is 2.67 bits per heavy atom. The summed E-state index contributed by atoms with van der Waals surface area (Å²) in [5.41, 5.74) is 2.66. The second-order valence-electron chi connectivity index (χ2n) is 7.99. The number of hydrogen-bond acceptors (Lipinski definition) is 4. The van der Waals surface area contributed by atoms with Crippen LogP contribution in [0.2, 0.25) is 0 Å². The van der Waals surface area contributed by atoms with Gasteiger partial charge >= 0.3 is 0 Å². The van der Waals surface area contributed by atoms with Crippen molar-refractivity contribution in [3.05, 3.63) is 70.1 Å². The number of carbonyl (C=O) groups is 2. The van der Waals surface area contributed by atoms with E-state index in [2.05, 4.69) is 5.32 Å². The number of anilines is 2. The molecule has 6 nitrogen and oxygen atoms in total. The van der Waals surface area contributed by atoms with E-state index in [4.69, 9.17) is 4.42 Å². The van der Waals surface area contributed by atoms with Crippen molar-refractivity contribution in [2.24, 2.45) is 5.92 Å². The molecule has 2 amide bonds. The summed E-state index contributed by atoms with van der Waals surface area (Å²) < 4.78 is 5.62. The van der Waals surface area contributed by atoms with Gasteiger partial charge in [-0.05, 0) is 49.1 Å². The fourth-order valence-corrected chi connectivity index (χ4v) is 4.49. The molecule has 1 saturated carbocycles. The lowest BCUT2D eigenvalue weighted by molar-refractivity contribution is -0.122. The summed E-state index contributed by atoms with van der Waals surface area (Å²) >= 11 is 0. The molecule has 2 heterocycles. The van der Waals surface area contributed by atoms with Crippen molar-refractivity contribution in [3.8, 4) is 0 Å². The van der Waals surface area contributed by atoms with Crippen molar-refractivity contribution in [1.29, 1.82) is 0 Å². The molecule has 0 atom stereocenters. The smallest absolute Gasteiger partial charge is 0.291 e. The number of fused-ring (bicyclic) bond motifs is 2. The second-order valence-corrected chi connectivity index (χ2v) is 7.99. The topological polar surface area (TPSA) is 79.6 Å². The SMILES string of the molecule is O=C(Nc1ccc2c(c1)N(C(=O)C1CCCC1)CC2)c1cc(=O)c2ccccc2o1. The molecule has 1 N–H and O–H groups in total. The molecule has 1 aromatic heterocycles. The molecule has 0 saturated heterocycles. The third kappa shape index (κ3) is 3.28. The lowest BCUT2D eigenvalue weighted by Gasteiger charge is -2.21. The minimum atomic E-state index is -0.496. The van der Waals surface area contributed by atoms with Crippen LogP contribution in [0, 0.1) is 5.92 Å². The lowest BCUT2D eigenvalue weighted by atomic mass is 10.1. The molecular weight excluding hydrogens is 380 g/mol. The first-order chi connectivity index (χ1) is 14.6. The van der Waals surface area contributed by atoms with Gasteiger partial charge < -0.3 is 14.6 Å². The van der Waals surface area contributed by atoms with Crippen LogP contribution in [0.1, 0.15) is 41.8 Å². The quantitative estimate of drug-likeness (QED) is 0.715. The predicted octanol–water partition coefficient (Wildman–Crippen LogP) is 4.12. The molecule has 152 valence electrons. The maximum atomic E-state index is 12.9. The maximum absolute atomic E-state index is 12.9. The highest BCUT2D eigenvalue weighted by molar-refractivity contribution is 6.04. The molecule has 2 aliphatic rings. The number of para-hydroxylation sites is 1. The number of hydrogen-bond donors (Lipinski definition) is 1. The molecule has 1 aliphatic carbocycles. The minimum Gasteiger partial charge on any atom is -0.451 e. The van der Waals surface area contributed by atoms with Crippen LogP contribution >= 0.6 is 0 Å². The molecule has 0 bridgehead atoms. The first-order valence-electron chi connectivity index (χ1n) is 10.4. The van der Waals surface area contributed by atoms with Crippen molar-refractivity contribution in [2.45, 2.75) is 32.1 Å². The van der Waals surface area contributed by atoms with Gasteiger partial charge in [0, 0.05) is 29.9 Å². The van der Waals surface area contributed by atoms with Crippen LogP contribution < -0.4 is 15.6 Å². The molecule has 0 spiro atoms. The summed E-state index contributed by atoms with van der Waals surface area (Å²) in [7, 11) is 0. The Bertz CT molecular complexity index is 1210. The Kier molecular flexibility index (Phi) is 4.62. The van der Waals surface area contributed by atoms with Gasteiger partial charge in [-0.1, -0.05) is 31.0 Å². The number of nitrogens with zero attached hydrogens (tertiary/aromatic N) is 1. The van der Waals surface area contributed by atoms with Crippen LogP contribution in [0.5, 0.6) is 0 Å². The summed E-state index contributed by atoms with van der Waals surface area (Å²) in [6.45, 7) is 0.682. The Labute approximate surface area is 173 Å². The minimum absolute atomic E-state index is 0.0434. The van der Waals surface area contributed by atoms with Gasteiger partial charge in [-0.2, -0.15) is 0 Å². The number of benzene rings is 2. The van der Waals surface area contributed by atoms with Gasteiger partial charge in [0.05, 0.1) is 5.39 Å². The number of carbonyl (C=O) groups excluding carboxylic acids is 2. The number of nitrogens with one attached hydrogen (secondary N) is 1. The van der Waals surface area contributed by atoms with E-state index < -0.39 is 5.91 Å². The van der Waals surface area contributed by atoms with E-state index >= 15 is 0 Å². The predicted molar refractivity (Wildman–Crippen MR) is 115 cm³/mol. The molecule has 0 radical (unpaired) electrons. The largest absolute Gasteiger partial charge is 0.451 e. The standard InChI is InChI=1S/C24H22N2O4/c27-20-14-22(30-21-8-4-3-7-18(20)21)23(28)25-17-10-9-15-11-12-26(19(15)13-17)24(29)16-5-1-2-6-16/h3-4,7-10,13-14,16H,1-2,5-6,11-12H2,(H,25,28). The molecule has 0 unspecified atom stereocenters. The van der Waals surface area contributed by atoms with Crippen LogP contribution in [-0.2, 0) is 11.2 Å². The Morgan fingerprint density at radius 2 is 1.83 bits per heavy atom. The highest BCUT2D eigenvalue weighted by Crippen LogP contribution is 2.35. The average molecular weight is 402 g/mol. The number of amides is 2. The second kappa shape index (κ2) is 7.44. The molecule has 3 aromatic rings. The van der Waals surface area contributed by atoms with Crippen LogP contribution in [0.15, 0.2) is 57.7 Å². The molecule has 1 fully saturated rings. The van der Waals surface area contributed by atoms with E-state index in [1.165, 1.54) is 6.07 Å². The monoisotopic (exact) mass is 402 g/mol. The Balaban J connectivity index is 1.40. The normalized spacial score (nSPS) is 16.1. The van der Waals surface area contributed by atoms with Gasteiger partial charge in [-0.15, -0.1) is 0 Å². The van der Waals surface area contributed by atoms with E-state index in [0.29, 0.717) is 23.2 Å². The third-order valence-corrected chi connectivity index (χ3v) is 6.07. The third-order valence-electron chi connectivity index (χ3n) is 6.07. The Morgan fingerprint density at radius 1 is 1.03 bits per heavy atom. The zero-order valence-corrected chi connectivity index (χ0v) is 16.5. The van der Waals surface area contributed by atoms with E-state index in [-0.39, 0.29) is 23.0 Å². The van der Waals surface area contributed by atoms with Gasteiger partial charge in [0.25, 0.3) is 5.91 Å². The average Bonchev–Trinajstić information content (AvgIpc) is 3.43. The first kappa shape index (κ1) is 18.6. The maximum Gasteiger partial charge on any atom is 0.291 e. The van der Waals surface area contributed by atoms with E-state index in [1.54, 1.807) is 24.3 Å². The first-order valence-corrected chi connectivity index (χ1v) is 10.4. The van der Waals surface area contributed by atoms with E-state index in [0.717, 1.165) is 43.4 Å². The molecule has 30 heavy (non-hydrogen) atoms. The van der Waals surface area contributed by atoms with E-state index in [9.17, 15) is 14.4 Å². The van der Waals surface area contributed by atoms with Gasteiger partial charge in [-0.3, -0.25) is 14.4 Å². The molecule has 2 aromatic carbocycles. The van der Waals surface area contributed by atoms with E-state index in [1.807, 2.05) is 23.1 Å². The summed E-state index contributed by atoms with van der Waals surface area (Å²) in [5.74, 6) is -0.237. The van der Waals surface area contributed by atoms with Gasteiger partial charge in [-0.25, -0.2) is 0 Å². The van der Waals surface area contributed by atoms with Crippen LogP contribution in [0.3, 0.4) is 0 Å². The van der Waals surface area contributed by atoms with Crippen molar-refractivity contribution >= 4 is 34.2 Å². The van der Waals surface area contributed by atoms with Crippen LogP contribution in [0.25, 0.3) is 11.0 Å². The summed E-state index contributed by atoms with van der Waals surface area (Å²) in [4.78, 5) is 39.8. The molecule has 6 heteroatoms. The summed E-state index contributed by atoms with van der Waals surface area (Å²) in [6, 6.07) is 13.6. The van der Waals surface area contributed by atoms with Gasteiger partial charge in [0.2, 0.25) is 5.91 Å². The van der Waals surface area contributed by atoms with Crippen molar-refractivity contribution in [3.63, 3.8) is 0 Å². The van der Waals surface area contributed by atoms with Gasteiger partial charge in [0.1, 0.15) is 5.58 Å². The Hall–Kier alpha value is -3.41.